The molecule has 0 radical (unpaired) electrons. The van der Waals surface area contributed by atoms with Crippen LogP contribution in [0.5, 0.6) is 5.75 Å². The Morgan fingerprint density at radius 1 is 1.12 bits per heavy atom. The Bertz CT molecular complexity index is 784. The first-order valence-electron chi connectivity index (χ1n) is 7.42. The van der Waals surface area contributed by atoms with Crippen molar-refractivity contribution in [3.05, 3.63) is 65.7 Å². The van der Waals surface area contributed by atoms with Gasteiger partial charge in [-0.1, -0.05) is 12.1 Å². The molecule has 0 atom stereocenters. The molecule has 24 heavy (non-hydrogen) atoms. The summed E-state index contributed by atoms with van der Waals surface area (Å²) in [6, 6.07) is 16.0. The summed E-state index contributed by atoms with van der Waals surface area (Å²) in [7, 11) is 1.66. The molecule has 0 fully saturated rings. The van der Waals surface area contributed by atoms with Crippen LogP contribution in [0.25, 0.3) is 10.6 Å². The van der Waals surface area contributed by atoms with E-state index in [1.54, 1.807) is 18.4 Å². The number of thiocarbonyl (C=S) groups is 1. The summed E-state index contributed by atoms with van der Waals surface area (Å²) in [4.78, 5) is 4.30. The molecule has 3 rings (SSSR count). The van der Waals surface area contributed by atoms with Crippen LogP contribution >= 0.6 is 23.6 Å². The second-order valence-corrected chi connectivity index (χ2v) is 6.37. The molecule has 0 aliphatic rings. The SMILES string of the molecule is COc1ccc(CNC(=S)Nc2ccc(-c3nccs3)cc2)cc1. The highest BCUT2D eigenvalue weighted by molar-refractivity contribution is 7.80. The molecule has 0 saturated heterocycles. The van der Waals surface area contributed by atoms with Crippen molar-refractivity contribution >= 4 is 34.4 Å². The third kappa shape index (κ3) is 4.31. The highest BCUT2D eigenvalue weighted by Crippen LogP contribution is 2.23. The topological polar surface area (TPSA) is 46.2 Å². The van der Waals surface area contributed by atoms with Crippen LogP contribution in [-0.2, 0) is 6.54 Å². The molecule has 0 aliphatic heterocycles. The van der Waals surface area contributed by atoms with Gasteiger partial charge in [-0.25, -0.2) is 4.98 Å². The van der Waals surface area contributed by atoms with E-state index in [1.807, 2.05) is 60.1 Å². The zero-order valence-corrected chi connectivity index (χ0v) is 14.8. The summed E-state index contributed by atoms with van der Waals surface area (Å²) in [5.74, 6) is 0.847. The van der Waals surface area contributed by atoms with E-state index in [4.69, 9.17) is 17.0 Å². The molecule has 122 valence electrons. The Morgan fingerprint density at radius 3 is 2.50 bits per heavy atom. The molecule has 0 aliphatic carbocycles. The summed E-state index contributed by atoms with van der Waals surface area (Å²) >= 11 is 6.96. The standard InChI is InChI=1S/C18H17N3OS2/c1-22-16-8-2-13(3-9-16)12-20-18(23)21-15-6-4-14(5-7-15)17-19-10-11-24-17/h2-11H,12H2,1H3,(H2,20,21,23). The van der Waals surface area contributed by atoms with E-state index in [2.05, 4.69) is 15.6 Å². The quantitative estimate of drug-likeness (QED) is 0.668. The van der Waals surface area contributed by atoms with Gasteiger partial charge in [-0.2, -0.15) is 0 Å². The number of ether oxygens (including phenoxy) is 1. The van der Waals surface area contributed by atoms with E-state index in [9.17, 15) is 0 Å². The molecule has 0 spiro atoms. The van der Waals surface area contributed by atoms with Crippen LogP contribution in [-0.4, -0.2) is 17.2 Å². The lowest BCUT2D eigenvalue weighted by Gasteiger charge is -2.11. The maximum absolute atomic E-state index is 5.34. The van der Waals surface area contributed by atoms with Crippen molar-refractivity contribution in [2.75, 3.05) is 12.4 Å². The fourth-order valence-electron chi connectivity index (χ4n) is 2.16. The van der Waals surface area contributed by atoms with Crippen molar-refractivity contribution in [3.63, 3.8) is 0 Å². The monoisotopic (exact) mass is 355 g/mol. The molecule has 2 aromatic carbocycles. The lowest BCUT2D eigenvalue weighted by atomic mass is 10.2. The van der Waals surface area contributed by atoms with Gasteiger partial charge in [-0.3, -0.25) is 0 Å². The second kappa shape index (κ2) is 7.90. The minimum absolute atomic E-state index is 0.591. The van der Waals surface area contributed by atoms with Crippen LogP contribution < -0.4 is 15.4 Å². The number of nitrogens with one attached hydrogen (secondary N) is 2. The number of hydrogen-bond acceptors (Lipinski definition) is 4. The predicted molar refractivity (Wildman–Crippen MR) is 104 cm³/mol. The van der Waals surface area contributed by atoms with E-state index in [0.29, 0.717) is 11.7 Å². The van der Waals surface area contributed by atoms with Gasteiger partial charge in [0.15, 0.2) is 5.11 Å². The molecule has 0 saturated carbocycles. The van der Waals surface area contributed by atoms with Crippen molar-refractivity contribution in [1.82, 2.24) is 10.3 Å². The normalized spacial score (nSPS) is 10.2. The Balaban J connectivity index is 1.52. The third-order valence-corrected chi connectivity index (χ3v) is 4.50. The van der Waals surface area contributed by atoms with Crippen LogP contribution in [0.4, 0.5) is 5.69 Å². The summed E-state index contributed by atoms with van der Waals surface area (Å²) < 4.78 is 5.15. The first-order chi connectivity index (χ1) is 11.7. The Hall–Kier alpha value is -2.44. The largest absolute Gasteiger partial charge is 0.497 e. The molecule has 1 aromatic heterocycles. The van der Waals surface area contributed by atoms with Gasteiger partial charge in [0.1, 0.15) is 10.8 Å². The van der Waals surface area contributed by atoms with Crippen LogP contribution in [0.1, 0.15) is 5.56 Å². The molecule has 0 bridgehead atoms. The van der Waals surface area contributed by atoms with Crippen LogP contribution in [0.3, 0.4) is 0 Å². The van der Waals surface area contributed by atoms with Crippen molar-refractivity contribution in [3.8, 4) is 16.3 Å². The molecule has 6 heteroatoms. The van der Waals surface area contributed by atoms with Crippen LogP contribution in [0.15, 0.2) is 60.1 Å². The van der Waals surface area contributed by atoms with Crippen LogP contribution in [0.2, 0.25) is 0 Å². The summed E-state index contributed by atoms with van der Waals surface area (Å²) in [5.41, 5.74) is 3.19. The Kier molecular flexibility index (Phi) is 5.40. The lowest BCUT2D eigenvalue weighted by Crippen LogP contribution is -2.27. The minimum atomic E-state index is 0.591. The second-order valence-electron chi connectivity index (χ2n) is 5.07. The van der Waals surface area contributed by atoms with E-state index >= 15 is 0 Å². The van der Waals surface area contributed by atoms with E-state index in [1.165, 1.54) is 0 Å². The van der Waals surface area contributed by atoms with E-state index in [-0.39, 0.29) is 0 Å². The van der Waals surface area contributed by atoms with Gasteiger partial charge in [0, 0.05) is 29.4 Å². The number of aromatic nitrogens is 1. The van der Waals surface area contributed by atoms with Gasteiger partial charge in [-0.05, 0) is 54.2 Å². The average Bonchev–Trinajstić information content (AvgIpc) is 3.16. The van der Waals surface area contributed by atoms with Gasteiger partial charge >= 0.3 is 0 Å². The van der Waals surface area contributed by atoms with Crippen molar-refractivity contribution in [2.24, 2.45) is 0 Å². The van der Waals surface area contributed by atoms with Gasteiger partial charge in [-0.15, -0.1) is 11.3 Å². The summed E-state index contributed by atoms with van der Waals surface area (Å²) in [6.07, 6.45) is 1.81. The number of methoxy groups -OCH3 is 1. The molecule has 0 unspecified atom stereocenters. The molecule has 1 heterocycles. The zero-order valence-electron chi connectivity index (χ0n) is 13.2. The van der Waals surface area contributed by atoms with Crippen molar-refractivity contribution in [2.45, 2.75) is 6.54 Å². The molecule has 0 amide bonds. The first kappa shape index (κ1) is 16.4. The van der Waals surface area contributed by atoms with E-state index in [0.717, 1.165) is 27.6 Å². The average molecular weight is 355 g/mol. The number of benzene rings is 2. The molecule has 3 aromatic rings. The number of hydrogen-bond donors (Lipinski definition) is 2. The summed E-state index contributed by atoms with van der Waals surface area (Å²) in [6.45, 7) is 0.660. The number of nitrogens with zero attached hydrogens (tertiary/aromatic N) is 1. The fraction of sp³-hybridized carbons (Fsp3) is 0.111. The molecular formula is C18H17N3OS2. The highest BCUT2D eigenvalue weighted by atomic mass is 32.1. The minimum Gasteiger partial charge on any atom is -0.497 e. The molecule has 4 nitrogen and oxygen atoms in total. The third-order valence-electron chi connectivity index (χ3n) is 3.43. The predicted octanol–water partition coefficient (Wildman–Crippen LogP) is 4.31. The fourth-order valence-corrected chi connectivity index (χ4v) is 3.00. The lowest BCUT2D eigenvalue weighted by molar-refractivity contribution is 0.414. The van der Waals surface area contributed by atoms with Gasteiger partial charge in [0.25, 0.3) is 0 Å². The van der Waals surface area contributed by atoms with E-state index < -0.39 is 0 Å². The number of thiazole rings is 1. The first-order valence-corrected chi connectivity index (χ1v) is 8.71. The van der Waals surface area contributed by atoms with Crippen LogP contribution in [0, 0.1) is 0 Å². The zero-order chi connectivity index (χ0) is 16.8. The number of anilines is 1. The maximum atomic E-state index is 5.34. The highest BCUT2D eigenvalue weighted by Gasteiger charge is 2.02. The Labute approximate surface area is 150 Å². The van der Waals surface area contributed by atoms with Crippen molar-refractivity contribution < 1.29 is 4.74 Å². The molecule has 2 N–H and O–H groups in total. The van der Waals surface area contributed by atoms with Gasteiger partial charge < -0.3 is 15.4 Å². The smallest absolute Gasteiger partial charge is 0.171 e. The maximum Gasteiger partial charge on any atom is 0.171 e. The Morgan fingerprint density at radius 2 is 1.88 bits per heavy atom. The molecular weight excluding hydrogens is 338 g/mol. The van der Waals surface area contributed by atoms with Crippen molar-refractivity contribution in [1.29, 1.82) is 0 Å². The van der Waals surface area contributed by atoms with Gasteiger partial charge in [0.2, 0.25) is 0 Å². The summed E-state index contributed by atoms with van der Waals surface area (Å²) in [5, 5.41) is 9.96. The van der Waals surface area contributed by atoms with Gasteiger partial charge in [0.05, 0.1) is 7.11 Å². The number of rotatable bonds is 5.